The van der Waals surface area contributed by atoms with E-state index in [4.69, 9.17) is 15.6 Å². The van der Waals surface area contributed by atoms with Gasteiger partial charge in [-0.25, -0.2) is 17.5 Å². The predicted molar refractivity (Wildman–Crippen MR) is 171 cm³/mol. The van der Waals surface area contributed by atoms with Gasteiger partial charge in [-0.2, -0.15) is 13.2 Å². The van der Waals surface area contributed by atoms with Crippen LogP contribution in [0.2, 0.25) is 0 Å². The summed E-state index contributed by atoms with van der Waals surface area (Å²) < 4.78 is 58.0. The predicted octanol–water partition coefficient (Wildman–Crippen LogP) is 4.93. The third-order valence-corrected chi connectivity index (χ3v) is 10.9. The van der Waals surface area contributed by atoms with E-state index in [1.54, 1.807) is 22.6 Å². The number of H-pyrrole nitrogens is 1. The first-order valence-corrected chi connectivity index (χ1v) is 17.3. The van der Waals surface area contributed by atoms with Crippen molar-refractivity contribution in [1.82, 2.24) is 19.1 Å². The van der Waals surface area contributed by atoms with Gasteiger partial charge in [0, 0.05) is 49.2 Å². The fraction of sp³-hybridized carbons (Fsp3) is 0.533. The maximum Gasteiger partial charge on any atom is 0.490 e. The number of hydrogen-bond donors (Lipinski definition) is 3. The number of aromatic nitrogens is 1. The highest BCUT2D eigenvalue weighted by Crippen LogP contribution is 2.38. The summed E-state index contributed by atoms with van der Waals surface area (Å²) in [4.78, 5) is 30.7. The zero-order valence-electron chi connectivity index (χ0n) is 26.0. The number of nitrogens with one attached hydrogen (secondary N) is 1. The Labute approximate surface area is 266 Å². The third kappa shape index (κ3) is 9.51. The number of hydrogen-bond acceptors (Lipinski definition) is 7. The monoisotopic (exact) mass is 673 g/mol. The molecule has 4 rings (SSSR count). The molecule has 2 aromatic heterocycles. The first-order valence-electron chi connectivity index (χ1n) is 14.8. The molecule has 0 unspecified atom stereocenters. The number of amides is 1. The molecule has 1 aliphatic rings. The minimum atomic E-state index is -5.08. The fourth-order valence-electron chi connectivity index (χ4n) is 5.39. The Hall–Kier alpha value is -2.98. The Kier molecular flexibility index (Phi) is 12.6. The van der Waals surface area contributed by atoms with E-state index >= 15 is 0 Å². The van der Waals surface area contributed by atoms with Crippen LogP contribution in [0.3, 0.4) is 0 Å². The van der Waals surface area contributed by atoms with E-state index < -0.39 is 28.1 Å². The number of primary amides is 1. The molecule has 4 N–H and O–H groups in total. The molecule has 0 atom stereocenters. The van der Waals surface area contributed by atoms with Crippen LogP contribution in [-0.2, 0) is 21.4 Å². The standard InChI is InChI=1S/C28H41N5O3S2.C2HF3O2/c1-5-32(6-2)13-12-31(4)18-23-14-22(19-37-23)21-15-24-26(17-30-27(24)25(16-21)28(29)34)20-8-10-33(11-9-20)38(35,36)7-3;3-2(4,5)1(6)7/h14-17,19-20,30H,5-13,18H2,1-4H3,(H2,29,34);(H,6,7). The highest BCUT2D eigenvalue weighted by molar-refractivity contribution is 7.89. The second kappa shape index (κ2) is 15.5. The Morgan fingerprint density at radius 3 is 2.24 bits per heavy atom. The molecule has 1 fully saturated rings. The molecule has 0 spiro atoms. The Morgan fingerprint density at radius 2 is 1.71 bits per heavy atom. The minimum absolute atomic E-state index is 0.129. The number of carboxylic acid groups (broad SMARTS) is 1. The number of halogens is 3. The second-order valence-corrected chi connectivity index (χ2v) is 14.3. The molecule has 0 saturated carbocycles. The minimum Gasteiger partial charge on any atom is -0.475 e. The van der Waals surface area contributed by atoms with Gasteiger partial charge in [0.05, 0.1) is 16.8 Å². The molecule has 3 heterocycles. The number of nitrogens with zero attached hydrogens (tertiary/aromatic N) is 3. The topological polar surface area (TPSA) is 140 Å². The van der Waals surface area contributed by atoms with E-state index in [-0.39, 0.29) is 11.7 Å². The van der Waals surface area contributed by atoms with Crippen molar-refractivity contribution in [3.05, 3.63) is 45.8 Å². The van der Waals surface area contributed by atoms with Gasteiger partial charge in [-0.1, -0.05) is 13.8 Å². The van der Waals surface area contributed by atoms with Crippen molar-refractivity contribution in [3.63, 3.8) is 0 Å². The molecular weight excluding hydrogens is 631 g/mol. The summed E-state index contributed by atoms with van der Waals surface area (Å²) in [6.45, 7) is 12.2. The number of carboxylic acids is 1. The van der Waals surface area contributed by atoms with Crippen molar-refractivity contribution < 1.29 is 36.3 Å². The van der Waals surface area contributed by atoms with E-state index in [9.17, 15) is 26.4 Å². The molecular formula is C30H42F3N5O5S2. The second-order valence-electron chi connectivity index (χ2n) is 11.0. The van der Waals surface area contributed by atoms with Crippen LogP contribution in [0.1, 0.15) is 60.3 Å². The summed E-state index contributed by atoms with van der Waals surface area (Å²) >= 11 is 1.74. The van der Waals surface area contributed by atoms with Crippen molar-refractivity contribution in [2.45, 2.75) is 52.3 Å². The molecule has 1 aliphatic heterocycles. The molecule has 1 aromatic carbocycles. The highest BCUT2D eigenvalue weighted by atomic mass is 32.2. The first kappa shape index (κ1) is 36.5. The normalized spacial score (nSPS) is 15.0. The average Bonchev–Trinajstić information content (AvgIpc) is 3.64. The molecule has 3 aromatic rings. The van der Waals surface area contributed by atoms with Crippen LogP contribution >= 0.6 is 11.3 Å². The fourth-order valence-corrected chi connectivity index (χ4v) is 7.50. The maximum absolute atomic E-state index is 12.4. The van der Waals surface area contributed by atoms with Gasteiger partial charge < -0.3 is 25.6 Å². The number of aromatic amines is 1. The molecule has 45 heavy (non-hydrogen) atoms. The lowest BCUT2D eigenvalue weighted by molar-refractivity contribution is -0.192. The largest absolute Gasteiger partial charge is 0.490 e. The summed E-state index contributed by atoms with van der Waals surface area (Å²) in [7, 11) is -1.02. The van der Waals surface area contributed by atoms with Gasteiger partial charge in [0.25, 0.3) is 5.91 Å². The van der Waals surface area contributed by atoms with Crippen molar-refractivity contribution in [1.29, 1.82) is 0 Å². The summed E-state index contributed by atoms with van der Waals surface area (Å²) in [6, 6.07) is 6.25. The van der Waals surface area contributed by atoms with Crippen LogP contribution in [0.15, 0.2) is 29.8 Å². The van der Waals surface area contributed by atoms with E-state index in [0.717, 1.165) is 73.2 Å². The highest BCUT2D eigenvalue weighted by Gasteiger charge is 2.38. The zero-order valence-corrected chi connectivity index (χ0v) is 27.6. The van der Waals surface area contributed by atoms with Gasteiger partial charge >= 0.3 is 12.1 Å². The number of aliphatic carboxylic acids is 1. The number of piperidine rings is 1. The number of alkyl halides is 3. The molecule has 10 nitrogen and oxygen atoms in total. The number of likely N-dealkylation sites (N-methyl/N-ethyl adjacent to an activating group) is 2. The number of sulfonamides is 1. The lowest BCUT2D eigenvalue weighted by Crippen LogP contribution is -2.38. The number of fused-ring (bicyclic) bond motifs is 1. The molecule has 0 bridgehead atoms. The molecule has 0 radical (unpaired) electrons. The van der Waals surface area contributed by atoms with Crippen molar-refractivity contribution in [3.8, 4) is 11.1 Å². The number of benzene rings is 1. The van der Waals surface area contributed by atoms with Gasteiger partial charge in [-0.15, -0.1) is 11.3 Å². The van der Waals surface area contributed by atoms with Crippen LogP contribution < -0.4 is 5.73 Å². The zero-order chi connectivity index (χ0) is 33.5. The van der Waals surface area contributed by atoms with Crippen molar-refractivity contribution in [2.24, 2.45) is 5.73 Å². The van der Waals surface area contributed by atoms with Gasteiger partial charge in [-0.3, -0.25) is 4.79 Å². The van der Waals surface area contributed by atoms with Crippen molar-refractivity contribution in [2.75, 3.05) is 52.1 Å². The third-order valence-electron chi connectivity index (χ3n) is 8.09. The number of carbonyl (C=O) groups is 2. The number of rotatable bonds is 12. The quantitative estimate of drug-likeness (QED) is 0.248. The average molecular weight is 674 g/mol. The first-order chi connectivity index (χ1) is 21.1. The van der Waals surface area contributed by atoms with Crippen LogP contribution in [0.4, 0.5) is 13.2 Å². The molecule has 250 valence electrons. The summed E-state index contributed by atoms with van der Waals surface area (Å²) in [5.41, 5.74) is 10.2. The summed E-state index contributed by atoms with van der Waals surface area (Å²) in [5.74, 6) is -2.86. The van der Waals surface area contributed by atoms with E-state index in [1.807, 2.05) is 12.3 Å². The molecule has 0 aliphatic carbocycles. The Bertz CT molecular complexity index is 1560. The van der Waals surface area contributed by atoms with Crippen molar-refractivity contribution >= 4 is 44.1 Å². The number of carbonyl (C=O) groups excluding carboxylic acids is 1. The van der Waals surface area contributed by atoms with Crippen LogP contribution in [-0.4, -0.2) is 103 Å². The SMILES string of the molecule is CCN(CC)CCN(C)Cc1cc(-c2cc(C(N)=O)c3[nH]cc(C4CCN(S(=O)(=O)CC)CC4)c3c2)cs1.O=C(O)C(F)(F)F. The van der Waals surface area contributed by atoms with Gasteiger partial charge in [0.1, 0.15) is 0 Å². The maximum atomic E-state index is 12.4. The number of thiophene rings is 1. The van der Waals surface area contributed by atoms with Gasteiger partial charge in [0.15, 0.2) is 0 Å². The molecule has 15 heteroatoms. The summed E-state index contributed by atoms with van der Waals surface area (Å²) in [6.07, 6.45) is -1.60. The molecule has 1 amide bonds. The Balaban J connectivity index is 0.000000707. The van der Waals surface area contributed by atoms with E-state index in [0.29, 0.717) is 18.7 Å². The summed E-state index contributed by atoms with van der Waals surface area (Å²) in [5, 5.41) is 10.3. The smallest absolute Gasteiger partial charge is 0.475 e. The van der Waals surface area contributed by atoms with E-state index in [1.165, 1.54) is 4.88 Å². The lowest BCUT2D eigenvalue weighted by Gasteiger charge is -2.31. The van der Waals surface area contributed by atoms with Crippen LogP contribution in [0.25, 0.3) is 22.0 Å². The molecule has 1 saturated heterocycles. The van der Waals surface area contributed by atoms with E-state index in [2.05, 4.69) is 53.2 Å². The Morgan fingerprint density at radius 1 is 1.09 bits per heavy atom. The number of nitrogens with two attached hydrogens (primary N) is 1. The lowest BCUT2D eigenvalue weighted by atomic mass is 9.88. The van der Waals surface area contributed by atoms with Crippen LogP contribution in [0, 0.1) is 0 Å². The van der Waals surface area contributed by atoms with Gasteiger partial charge in [0.2, 0.25) is 10.0 Å². The van der Waals surface area contributed by atoms with Gasteiger partial charge in [-0.05, 0) is 86.1 Å². The van der Waals surface area contributed by atoms with Crippen LogP contribution in [0.5, 0.6) is 0 Å².